The van der Waals surface area contributed by atoms with Crippen molar-refractivity contribution in [3.63, 3.8) is 0 Å². The molecule has 72 valence electrons. The highest BCUT2D eigenvalue weighted by atomic mass is 16.3. The van der Waals surface area contributed by atoms with E-state index in [1.54, 1.807) is 0 Å². The van der Waals surface area contributed by atoms with Crippen LogP contribution < -0.4 is 0 Å². The zero-order valence-electron chi connectivity index (χ0n) is 7.74. The maximum atomic E-state index is 9.33. The molecule has 1 aliphatic rings. The van der Waals surface area contributed by atoms with Crippen molar-refractivity contribution in [2.45, 2.75) is 25.9 Å². The Bertz CT molecular complexity index is 120. The third-order valence-electron chi connectivity index (χ3n) is 2.73. The molecule has 2 N–H and O–H groups in total. The smallest absolute Gasteiger partial charge is 0.0558 e. The minimum absolute atomic E-state index is 0.165. The molecular weight excluding hydrogens is 154 g/mol. The third kappa shape index (κ3) is 2.73. The molecule has 3 heteroatoms. The first-order valence-electron chi connectivity index (χ1n) is 4.75. The summed E-state index contributed by atoms with van der Waals surface area (Å²) in [6.45, 7) is 4.95. The van der Waals surface area contributed by atoms with Crippen LogP contribution >= 0.6 is 0 Å². The van der Waals surface area contributed by atoms with Gasteiger partial charge in [-0.25, -0.2) is 0 Å². The molecule has 0 saturated carbocycles. The fourth-order valence-corrected chi connectivity index (χ4v) is 1.80. The van der Waals surface area contributed by atoms with Gasteiger partial charge in [0.1, 0.15) is 0 Å². The Morgan fingerprint density at radius 1 is 1.42 bits per heavy atom. The van der Waals surface area contributed by atoms with E-state index in [-0.39, 0.29) is 12.7 Å². The maximum absolute atomic E-state index is 9.33. The average molecular weight is 173 g/mol. The summed E-state index contributed by atoms with van der Waals surface area (Å²) in [6.07, 6.45) is 1.97. The molecule has 3 nitrogen and oxygen atoms in total. The molecule has 1 unspecified atom stereocenters. The summed E-state index contributed by atoms with van der Waals surface area (Å²) in [6, 6.07) is 0. The van der Waals surface area contributed by atoms with Crippen LogP contribution in [-0.2, 0) is 0 Å². The van der Waals surface area contributed by atoms with E-state index in [1.807, 2.05) is 6.92 Å². The van der Waals surface area contributed by atoms with E-state index in [2.05, 4.69) is 4.90 Å². The van der Waals surface area contributed by atoms with Crippen molar-refractivity contribution < 1.29 is 10.2 Å². The van der Waals surface area contributed by atoms with Crippen LogP contribution in [0.1, 0.15) is 19.8 Å². The van der Waals surface area contributed by atoms with Gasteiger partial charge in [-0.2, -0.15) is 0 Å². The fraction of sp³-hybridized carbons (Fsp3) is 1.00. The third-order valence-corrected chi connectivity index (χ3v) is 2.73. The Kier molecular flexibility index (Phi) is 3.98. The molecule has 0 aromatic heterocycles. The van der Waals surface area contributed by atoms with E-state index in [0.717, 1.165) is 32.5 Å². The van der Waals surface area contributed by atoms with Crippen LogP contribution in [0.4, 0.5) is 0 Å². The zero-order chi connectivity index (χ0) is 8.97. The van der Waals surface area contributed by atoms with Crippen LogP contribution in [0.15, 0.2) is 0 Å². The lowest BCUT2D eigenvalue weighted by atomic mass is 9.92. The lowest BCUT2D eigenvalue weighted by Crippen LogP contribution is -2.38. The van der Waals surface area contributed by atoms with Crippen molar-refractivity contribution in [3.05, 3.63) is 0 Å². The molecule has 0 amide bonds. The van der Waals surface area contributed by atoms with Gasteiger partial charge in [0, 0.05) is 6.54 Å². The number of β-amino-alcohol motifs (C(OH)–C–C–N with tert-alkyl or cyclic N) is 1. The number of rotatable bonds is 3. The summed E-state index contributed by atoms with van der Waals surface area (Å²) >= 11 is 0. The van der Waals surface area contributed by atoms with Crippen LogP contribution in [0.25, 0.3) is 0 Å². The molecule has 1 saturated heterocycles. The van der Waals surface area contributed by atoms with Crippen LogP contribution in [-0.4, -0.2) is 47.5 Å². The molecular formula is C9H19NO2. The van der Waals surface area contributed by atoms with Gasteiger partial charge >= 0.3 is 0 Å². The zero-order valence-corrected chi connectivity index (χ0v) is 7.74. The normalized spacial score (nSPS) is 24.2. The largest absolute Gasteiger partial charge is 0.395 e. The molecule has 1 fully saturated rings. The van der Waals surface area contributed by atoms with E-state index >= 15 is 0 Å². The number of aliphatic hydroxyl groups excluding tert-OH is 2. The Labute approximate surface area is 74.0 Å². The van der Waals surface area contributed by atoms with Crippen molar-refractivity contribution in [1.82, 2.24) is 4.90 Å². The Balaban J connectivity index is 2.20. The van der Waals surface area contributed by atoms with Gasteiger partial charge in [0.15, 0.2) is 0 Å². The minimum atomic E-state index is -0.165. The molecule has 1 aliphatic heterocycles. The summed E-state index contributed by atoms with van der Waals surface area (Å²) in [4.78, 5) is 2.25. The van der Waals surface area contributed by atoms with Crippen LogP contribution in [0, 0.1) is 5.92 Å². The summed E-state index contributed by atoms with van der Waals surface area (Å²) in [5, 5.41) is 18.0. The van der Waals surface area contributed by atoms with Gasteiger partial charge in [-0.15, -0.1) is 0 Å². The van der Waals surface area contributed by atoms with E-state index in [1.165, 1.54) is 0 Å². The van der Waals surface area contributed by atoms with E-state index in [9.17, 15) is 5.11 Å². The minimum Gasteiger partial charge on any atom is -0.395 e. The van der Waals surface area contributed by atoms with E-state index in [4.69, 9.17) is 5.11 Å². The van der Waals surface area contributed by atoms with Gasteiger partial charge < -0.3 is 15.1 Å². The quantitative estimate of drug-likeness (QED) is 0.635. The first kappa shape index (κ1) is 9.96. The molecule has 1 rings (SSSR count). The SMILES string of the molecule is CC(O)C1CCN(CCO)CC1. The second-order valence-electron chi connectivity index (χ2n) is 3.64. The molecule has 0 aromatic carbocycles. The topological polar surface area (TPSA) is 43.7 Å². The number of hydrogen-bond acceptors (Lipinski definition) is 3. The molecule has 0 spiro atoms. The highest BCUT2D eigenvalue weighted by molar-refractivity contribution is 4.74. The first-order chi connectivity index (χ1) is 5.74. The predicted molar refractivity (Wildman–Crippen MR) is 47.9 cm³/mol. The Morgan fingerprint density at radius 3 is 2.42 bits per heavy atom. The van der Waals surface area contributed by atoms with E-state index < -0.39 is 0 Å². The first-order valence-corrected chi connectivity index (χ1v) is 4.75. The monoisotopic (exact) mass is 173 g/mol. The molecule has 0 aliphatic carbocycles. The van der Waals surface area contributed by atoms with Crippen LogP contribution in [0.2, 0.25) is 0 Å². The van der Waals surface area contributed by atoms with Crippen molar-refractivity contribution in [3.8, 4) is 0 Å². The molecule has 0 radical (unpaired) electrons. The summed E-state index contributed by atoms with van der Waals surface area (Å²) in [5.41, 5.74) is 0. The molecule has 12 heavy (non-hydrogen) atoms. The van der Waals surface area contributed by atoms with Crippen molar-refractivity contribution >= 4 is 0 Å². The van der Waals surface area contributed by atoms with Gasteiger partial charge in [0.05, 0.1) is 12.7 Å². The van der Waals surface area contributed by atoms with Gasteiger partial charge in [-0.05, 0) is 38.8 Å². The van der Waals surface area contributed by atoms with Gasteiger partial charge in [-0.3, -0.25) is 0 Å². The summed E-state index contributed by atoms with van der Waals surface area (Å²) in [5.74, 6) is 0.472. The van der Waals surface area contributed by atoms with Gasteiger partial charge in [-0.1, -0.05) is 0 Å². The fourth-order valence-electron chi connectivity index (χ4n) is 1.80. The number of nitrogens with zero attached hydrogens (tertiary/aromatic N) is 1. The standard InChI is InChI=1S/C9H19NO2/c1-8(12)9-2-4-10(5-3-9)6-7-11/h8-9,11-12H,2-7H2,1H3. The van der Waals surface area contributed by atoms with Crippen LogP contribution in [0.5, 0.6) is 0 Å². The maximum Gasteiger partial charge on any atom is 0.0558 e. The second-order valence-corrected chi connectivity index (χ2v) is 3.64. The Hall–Kier alpha value is -0.120. The van der Waals surface area contributed by atoms with Crippen molar-refractivity contribution in [1.29, 1.82) is 0 Å². The number of hydrogen-bond donors (Lipinski definition) is 2. The Morgan fingerprint density at radius 2 is 2.00 bits per heavy atom. The van der Waals surface area contributed by atoms with Gasteiger partial charge in [0.2, 0.25) is 0 Å². The lowest BCUT2D eigenvalue weighted by molar-refractivity contribution is 0.0658. The number of piperidine rings is 1. The highest BCUT2D eigenvalue weighted by Crippen LogP contribution is 2.19. The summed E-state index contributed by atoms with van der Waals surface area (Å²) in [7, 11) is 0. The summed E-state index contributed by atoms with van der Waals surface area (Å²) < 4.78 is 0. The molecule has 0 bridgehead atoms. The lowest BCUT2D eigenvalue weighted by Gasteiger charge is -2.32. The van der Waals surface area contributed by atoms with Gasteiger partial charge in [0.25, 0.3) is 0 Å². The predicted octanol–water partition coefficient (Wildman–Crippen LogP) is 0.0715. The highest BCUT2D eigenvalue weighted by Gasteiger charge is 2.21. The molecule has 1 atom stereocenters. The second kappa shape index (κ2) is 4.80. The van der Waals surface area contributed by atoms with E-state index in [0.29, 0.717) is 5.92 Å². The van der Waals surface area contributed by atoms with Crippen molar-refractivity contribution in [2.75, 3.05) is 26.2 Å². The van der Waals surface area contributed by atoms with Crippen LogP contribution in [0.3, 0.4) is 0 Å². The number of aliphatic hydroxyl groups is 2. The average Bonchev–Trinajstić information content (AvgIpc) is 2.06. The molecule has 0 aromatic rings. The molecule has 1 heterocycles. The number of likely N-dealkylation sites (tertiary alicyclic amines) is 1. The van der Waals surface area contributed by atoms with Crippen molar-refractivity contribution in [2.24, 2.45) is 5.92 Å².